The summed E-state index contributed by atoms with van der Waals surface area (Å²) >= 11 is 0. The average Bonchev–Trinajstić information content (AvgIpc) is 2.86. The highest BCUT2D eigenvalue weighted by molar-refractivity contribution is 8.01. The molecule has 0 aromatic heterocycles. The van der Waals surface area contributed by atoms with Gasteiger partial charge in [-0.05, 0) is 112 Å². The Hall–Kier alpha value is -2.77. The van der Waals surface area contributed by atoms with Crippen molar-refractivity contribution < 1.29 is 14.2 Å². The van der Waals surface area contributed by atoms with Crippen molar-refractivity contribution in [2.45, 2.75) is 93.9 Å². The van der Waals surface area contributed by atoms with Gasteiger partial charge in [0.2, 0.25) is 18.2 Å². The molecule has 3 nitrogen and oxygen atoms in total. The first-order valence-electron chi connectivity index (χ1n) is 13.9. The minimum Gasteiger partial charge on any atom is -0.302 e. The molecule has 0 N–H and O–H groups in total. The van der Waals surface area contributed by atoms with Crippen LogP contribution in [0.4, 0.5) is 0 Å². The van der Waals surface area contributed by atoms with E-state index in [0.717, 1.165) is 66.3 Å². The van der Waals surface area contributed by atoms with Crippen LogP contribution in [0.1, 0.15) is 105 Å². The Kier molecular flexibility index (Phi) is 9.71. The summed E-state index contributed by atoms with van der Waals surface area (Å²) in [6.45, 7) is 15.6. The number of benzene rings is 3. The van der Waals surface area contributed by atoms with E-state index >= 15 is 4.57 Å². The molecule has 0 unspecified atom stereocenters. The van der Waals surface area contributed by atoms with Gasteiger partial charge in [-0.2, -0.15) is 0 Å². The van der Waals surface area contributed by atoms with Crippen molar-refractivity contribution in [2.75, 3.05) is 0 Å². The third-order valence-electron chi connectivity index (χ3n) is 7.53. The predicted octanol–water partition coefficient (Wildman–Crippen LogP) is 8.89. The second-order valence-electron chi connectivity index (χ2n) is 10.9. The second-order valence-corrected chi connectivity index (χ2v) is 13.4. The molecule has 0 saturated carbocycles. The van der Waals surface area contributed by atoms with Crippen molar-refractivity contribution in [3.63, 3.8) is 0 Å². The standard InChI is InChI=1S/C34H43O3P/c1-9-11-13-28-18-24(5)31(25(6)19-28)33(35)38(37,30-17-22(3)15-16-23(30)4)34(36)32-26(7)20-29(14-12-10-2)21-27(32)8/h15-21H,9-14H2,1-8H3. The van der Waals surface area contributed by atoms with Crippen LogP contribution in [-0.2, 0) is 17.4 Å². The number of rotatable bonds is 11. The fourth-order valence-corrected chi connectivity index (χ4v) is 8.43. The molecule has 0 aliphatic carbocycles. The summed E-state index contributed by atoms with van der Waals surface area (Å²) in [6.07, 6.45) is 6.18. The molecule has 0 amide bonds. The van der Waals surface area contributed by atoms with Gasteiger partial charge >= 0.3 is 0 Å². The van der Waals surface area contributed by atoms with Gasteiger partial charge < -0.3 is 4.57 Å². The molecule has 3 aromatic rings. The molecular formula is C34H43O3P. The quantitative estimate of drug-likeness (QED) is 0.233. The Morgan fingerprint density at radius 1 is 0.605 bits per heavy atom. The van der Waals surface area contributed by atoms with E-state index in [1.807, 2.05) is 77.9 Å². The summed E-state index contributed by atoms with van der Waals surface area (Å²) in [7, 11) is -4.22. The van der Waals surface area contributed by atoms with Crippen LogP contribution in [0.3, 0.4) is 0 Å². The van der Waals surface area contributed by atoms with Gasteiger partial charge in [-0.3, -0.25) is 9.59 Å². The molecule has 0 fully saturated rings. The fraction of sp³-hybridized carbons (Fsp3) is 0.412. The summed E-state index contributed by atoms with van der Waals surface area (Å²) in [6, 6.07) is 13.6. The number of carbonyl (C=O) groups excluding carboxylic acids is 2. The van der Waals surface area contributed by atoms with Crippen LogP contribution in [0.2, 0.25) is 0 Å². The minimum absolute atomic E-state index is 0.357. The van der Waals surface area contributed by atoms with Crippen molar-refractivity contribution in [1.29, 1.82) is 0 Å². The SMILES string of the molecule is CCCCc1cc(C)c(C(=O)P(=O)(C(=O)c2c(C)cc(CCCC)cc2C)c2cc(C)ccc2C)c(C)c1. The molecular weight excluding hydrogens is 487 g/mol. The molecule has 0 spiro atoms. The minimum atomic E-state index is -4.22. The van der Waals surface area contributed by atoms with Crippen LogP contribution in [0, 0.1) is 41.5 Å². The summed E-state index contributed by atoms with van der Waals surface area (Å²) in [4.78, 5) is 28.9. The smallest absolute Gasteiger partial charge is 0.248 e. The molecule has 4 heteroatoms. The van der Waals surface area contributed by atoms with Crippen LogP contribution in [0.15, 0.2) is 42.5 Å². The van der Waals surface area contributed by atoms with E-state index in [4.69, 9.17) is 0 Å². The molecule has 0 atom stereocenters. The molecule has 202 valence electrons. The van der Waals surface area contributed by atoms with Gasteiger partial charge in [0, 0.05) is 16.4 Å². The van der Waals surface area contributed by atoms with E-state index in [1.165, 1.54) is 11.1 Å². The molecule has 0 saturated heterocycles. The molecule has 0 aliphatic rings. The van der Waals surface area contributed by atoms with Gasteiger partial charge in [-0.25, -0.2) is 0 Å². The van der Waals surface area contributed by atoms with E-state index in [9.17, 15) is 9.59 Å². The van der Waals surface area contributed by atoms with Crippen molar-refractivity contribution in [3.05, 3.63) is 98.1 Å². The normalized spacial score (nSPS) is 11.6. The van der Waals surface area contributed by atoms with Crippen LogP contribution in [0.5, 0.6) is 0 Å². The zero-order chi connectivity index (χ0) is 28.2. The number of unbranched alkanes of at least 4 members (excludes halogenated alkanes) is 2. The Morgan fingerprint density at radius 2 is 1.00 bits per heavy atom. The molecule has 0 heterocycles. The van der Waals surface area contributed by atoms with Crippen LogP contribution >= 0.6 is 7.14 Å². The number of hydrogen-bond donors (Lipinski definition) is 0. The lowest BCUT2D eigenvalue weighted by atomic mass is 9.97. The van der Waals surface area contributed by atoms with E-state index in [2.05, 4.69) is 13.8 Å². The third-order valence-corrected chi connectivity index (χ3v) is 10.3. The van der Waals surface area contributed by atoms with E-state index < -0.39 is 18.2 Å². The Morgan fingerprint density at radius 3 is 1.37 bits per heavy atom. The molecule has 0 radical (unpaired) electrons. The third kappa shape index (κ3) is 5.94. The van der Waals surface area contributed by atoms with Crippen LogP contribution in [0.25, 0.3) is 0 Å². The molecule has 0 bridgehead atoms. The average molecular weight is 531 g/mol. The largest absolute Gasteiger partial charge is 0.302 e. The van der Waals surface area contributed by atoms with Gasteiger partial charge in [0.05, 0.1) is 0 Å². The fourth-order valence-electron chi connectivity index (χ4n) is 5.52. The number of hydrogen-bond acceptors (Lipinski definition) is 3. The maximum absolute atomic E-state index is 15.2. The lowest BCUT2D eigenvalue weighted by molar-refractivity contribution is 0.104. The lowest BCUT2D eigenvalue weighted by Crippen LogP contribution is -2.25. The highest BCUT2D eigenvalue weighted by Gasteiger charge is 2.45. The molecule has 3 rings (SSSR count). The van der Waals surface area contributed by atoms with Gasteiger partial charge in [0.1, 0.15) is 0 Å². The summed E-state index contributed by atoms with van der Waals surface area (Å²) in [5, 5.41) is 0.357. The Balaban J connectivity index is 2.26. The summed E-state index contributed by atoms with van der Waals surface area (Å²) in [5.74, 6) is 0. The van der Waals surface area contributed by atoms with E-state index in [0.29, 0.717) is 22.0 Å². The molecule has 3 aromatic carbocycles. The van der Waals surface area contributed by atoms with Gasteiger partial charge in [0.15, 0.2) is 0 Å². The Bertz CT molecular complexity index is 1290. The van der Waals surface area contributed by atoms with E-state index in [1.54, 1.807) is 6.07 Å². The number of aryl methyl sites for hydroxylation is 8. The summed E-state index contributed by atoms with van der Waals surface area (Å²) in [5.41, 5.74) is 6.75. The van der Waals surface area contributed by atoms with Gasteiger partial charge in [-0.1, -0.05) is 68.7 Å². The highest BCUT2D eigenvalue weighted by Crippen LogP contribution is 2.53. The van der Waals surface area contributed by atoms with Crippen molar-refractivity contribution in [1.82, 2.24) is 0 Å². The highest BCUT2D eigenvalue weighted by atomic mass is 31.2. The van der Waals surface area contributed by atoms with Gasteiger partial charge in [0.25, 0.3) is 0 Å². The maximum atomic E-state index is 15.2. The Labute approximate surface area is 229 Å². The van der Waals surface area contributed by atoms with E-state index in [-0.39, 0.29) is 0 Å². The predicted molar refractivity (Wildman–Crippen MR) is 161 cm³/mol. The van der Waals surface area contributed by atoms with Crippen molar-refractivity contribution in [3.8, 4) is 0 Å². The first-order valence-corrected chi connectivity index (χ1v) is 15.6. The van der Waals surface area contributed by atoms with Crippen molar-refractivity contribution in [2.24, 2.45) is 0 Å². The second kappa shape index (κ2) is 12.4. The topological polar surface area (TPSA) is 51.2 Å². The number of carbonyl (C=O) groups is 2. The van der Waals surface area contributed by atoms with Crippen LogP contribution in [-0.4, -0.2) is 11.0 Å². The zero-order valence-corrected chi connectivity index (χ0v) is 25.4. The van der Waals surface area contributed by atoms with Crippen LogP contribution < -0.4 is 5.30 Å². The first kappa shape index (κ1) is 29.8. The lowest BCUT2D eigenvalue weighted by Gasteiger charge is -2.23. The maximum Gasteiger partial charge on any atom is 0.248 e. The van der Waals surface area contributed by atoms with Crippen molar-refractivity contribution >= 4 is 23.5 Å². The molecule has 0 aliphatic heterocycles. The monoisotopic (exact) mass is 530 g/mol. The first-order chi connectivity index (χ1) is 17.9. The summed E-state index contributed by atoms with van der Waals surface area (Å²) < 4.78 is 15.2. The van der Waals surface area contributed by atoms with Gasteiger partial charge in [-0.15, -0.1) is 0 Å². The zero-order valence-electron chi connectivity index (χ0n) is 24.5. The molecule has 38 heavy (non-hydrogen) atoms.